The summed E-state index contributed by atoms with van der Waals surface area (Å²) in [7, 11) is 1.37. The first-order valence-electron chi connectivity index (χ1n) is 8.36. The van der Waals surface area contributed by atoms with E-state index in [-0.39, 0.29) is 5.56 Å². The molecule has 1 aromatic rings. The number of methoxy groups -OCH3 is 2. The van der Waals surface area contributed by atoms with Crippen molar-refractivity contribution in [1.82, 2.24) is 0 Å². The van der Waals surface area contributed by atoms with E-state index in [1.807, 2.05) is 0 Å². The summed E-state index contributed by atoms with van der Waals surface area (Å²) in [5, 5.41) is 0. The Morgan fingerprint density at radius 1 is 0.933 bits per heavy atom. The fraction of sp³-hybridized carbons (Fsp3) is 0.421. The monoisotopic (exact) mass is 438 g/mol. The van der Waals surface area contributed by atoms with Gasteiger partial charge in [0.2, 0.25) is 0 Å². The molecule has 0 aromatic heterocycles. The van der Waals surface area contributed by atoms with Crippen molar-refractivity contribution in [2.45, 2.75) is 24.9 Å². The average Bonchev–Trinajstić information content (AvgIpc) is 3.04. The quantitative estimate of drug-likeness (QED) is 0.399. The topological polar surface area (TPSA) is 69.7 Å². The van der Waals surface area contributed by atoms with Crippen molar-refractivity contribution in [2.75, 3.05) is 14.2 Å². The Labute approximate surface area is 166 Å². The van der Waals surface area contributed by atoms with Crippen LogP contribution in [0.15, 0.2) is 35.9 Å². The van der Waals surface area contributed by atoms with Crippen molar-refractivity contribution in [3.05, 3.63) is 47.3 Å². The Morgan fingerprint density at radius 3 is 1.77 bits per heavy atom. The molecule has 0 unspecified atom stereocenters. The maximum atomic E-state index is 14.8. The Balaban J connectivity index is 2.96. The van der Waals surface area contributed by atoms with E-state index in [4.69, 9.17) is 0 Å². The molecule has 0 saturated carbocycles. The van der Waals surface area contributed by atoms with Gasteiger partial charge in [0.1, 0.15) is 5.82 Å². The van der Waals surface area contributed by atoms with Gasteiger partial charge >= 0.3 is 24.0 Å². The maximum Gasteiger partial charge on any atom is 0.453 e. The minimum atomic E-state index is -6.21. The third-order valence-electron chi connectivity index (χ3n) is 4.99. The lowest BCUT2D eigenvalue weighted by molar-refractivity contribution is -0.312. The number of rotatable bonds is 5. The molecule has 164 valence electrons. The van der Waals surface area contributed by atoms with E-state index in [9.17, 15) is 40.7 Å². The summed E-state index contributed by atoms with van der Waals surface area (Å²) < 4.78 is 92.0. The molecule has 1 aromatic carbocycles. The second-order valence-corrected chi connectivity index (χ2v) is 6.64. The first kappa shape index (κ1) is 23.4. The minimum absolute atomic E-state index is 0.332. The fourth-order valence-corrected chi connectivity index (χ4v) is 3.69. The number of ketones is 1. The van der Waals surface area contributed by atoms with Crippen LogP contribution in [-0.4, -0.2) is 44.0 Å². The molecule has 2 rings (SSSR count). The summed E-state index contributed by atoms with van der Waals surface area (Å²) in [6.45, 7) is 0.871. The second kappa shape index (κ2) is 7.77. The standard InChI is InChI=1S/C19H16F6O5/c1-9(26)12-8-17(15(27)29-2,16(28)30-3)14(18(21,22)19(23,24)25)13(12)10-4-6-11(20)7-5-10/h4-8,13-14H,1-3H3/t13-,14+/m0/s1. The lowest BCUT2D eigenvalue weighted by atomic mass is 9.68. The molecule has 1 aliphatic carbocycles. The zero-order chi connectivity index (χ0) is 23.1. The van der Waals surface area contributed by atoms with Gasteiger partial charge in [-0.05, 0) is 30.7 Å². The molecule has 0 radical (unpaired) electrons. The number of Topliss-reactive ketones (excluding diaryl/α,β-unsaturated/α-hetero) is 1. The normalized spacial score (nSPS) is 21.0. The first-order chi connectivity index (χ1) is 13.8. The molecule has 2 atom stereocenters. The highest BCUT2D eigenvalue weighted by atomic mass is 19.4. The van der Waals surface area contributed by atoms with Crippen LogP contribution in [0.5, 0.6) is 0 Å². The van der Waals surface area contributed by atoms with Crippen LogP contribution in [0.1, 0.15) is 18.4 Å². The van der Waals surface area contributed by atoms with Gasteiger partial charge in [0.25, 0.3) is 0 Å². The molecule has 0 heterocycles. The highest BCUT2D eigenvalue weighted by molar-refractivity contribution is 6.08. The molecule has 0 aliphatic heterocycles. The van der Waals surface area contributed by atoms with Crippen LogP contribution in [-0.2, 0) is 23.9 Å². The van der Waals surface area contributed by atoms with Crippen LogP contribution in [0.3, 0.4) is 0 Å². The van der Waals surface area contributed by atoms with Gasteiger partial charge in [0.05, 0.1) is 20.1 Å². The fourth-order valence-electron chi connectivity index (χ4n) is 3.69. The van der Waals surface area contributed by atoms with Crippen molar-refractivity contribution >= 4 is 17.7 Å². The zero-order valence-electron chi connectivity index (χ0n) is 15.9. The van der Waals surface area contributed by atoms with Crippen molar-refractivity contribution in [2.24, 2.45) is 11.3 Å². The lowest BCUT2D eigenvalue weighted by Crippen LogP contribution is -2.57. The van der Waals surface area contributed by atoms with Gasteiger partial charge in [-0.3, -0.25) is 14.4 Å². The first-order valence-corrected chi connectivity index (χ1v) is 8.36. The number of allylic oxidation sites excluding steroid dienone is 1. The van der Waals surface area contributed by atoms with Gasteiger partial charge in [-0.1, -0.05) is 12.1 Å². The molecule has 0 bridgehead atoms. The van der Waals surface area contributed by atoms with Gasteiger partial charge in [-0.15, -0.1) is 0 Å². The Bertz CT molecular complexity index is 872. The number of hydrogen-bond acceptors (Lipinski definition) is 5. The summed E-state index contributed by atoms with van der Waals surface area (Å²) >= 11 is 0. The Hall–Kier alpha value is -2.85. The van der Waals surface area contributed by atoms with E-state index in [0.29, 0.717) is 20.3 Å². The van der Waals surface area contributed by atoms with Gasteiger partial charge in [-0.25, -0.2) is 4.39 Å². The van der Waals surface area contributed by atoms with Crippen molar-refractivity contribution < 1.29 is 50.2 Å². The molecule has 5 nitrogen and oxygen atoms in total. The number of hydrogen-bond donors (Lipinski definition) is 0. The number of carbonyl (C=O) groups excluding carboxylic acids is 3. The van der Waals surface area contributed by atoms with Crippen LogP contribution in [0, 0.1) is 17.2 Å². The van der Waals surface area contributed by atoms with E-state index >= 15 is 0 Å². The predicted molar refractivity (Wildman–Crippen MR) is 88.9 cm³/mol. The third-order valence-corrected chi connectivity index (χ3v) is 4.99. The summed E-state index contributed by atoms with van der Waals surface area (Å²) in [6, 6.07) is 3.35. The Kier molecular flexibility index (Phi) is 6.07. The molecule has 11 heteroatoms. The highest BCUT2D eigenvalue weighted by Gasteiger charge is 2.76. The van der Waals surface area contributed by atoms with Crippen LogP contribution in [0.2, 0.25) is 0 Å². The third kappa shape index (κ3) is 3.46. The molecule has 0 saturated heterocycles. The van der Waals surface area contributed by atoms with E-state index in [2.05, 4.69) is 9.47 Å². The molecule has 30 heavy (non-hydrogen) atoms. The van der Waals surface area contributed by atoms with Crippen molar-refractivity contribution in [3.63, 3.8) is 0 Å². The van der Waals surface area contributed by atoms with Gasteiger partial charge < -0.3 is 9.47 Å². The number of benzene rings is 1. The summed E-state index contributed by atoms with van der Waals surface area (Å²) in [4.78, 5) is 37.1. The van der Waals surface area contributed by atoms with E-state index < -0.39 is 58.5 Å². The van der Waals surface area contributed by atoms with Crippen LogP contribution >= 0.6 is 0 Å². The molecule has 0 spiro atoms. The summed E-state index contributed by atoms with van der Waals surface area (Å²) in [5.74, 6) is -16.2. The number of alkyl halides is 5. The predicted octanol–water partition coefficient (Wildman–Crippen LogP) is 3.58. The Morgan fingerprint density at radius 2 is 1.40 bits per heavy atom. The SMILES string of the molecule is COC(=O)C1(C(=O)OC)C=C(C(C)=O)[C@H](c2ccc(F)cc2)[C@H]1C(F)(F)C(F)(F)F. The number of carbonyl (C=O) groups is 3. The minimum Gasteiger partial charge on any atom is -0.468 e. The van der Waals surface area contributed by atoms with Crippen LogP contribution in [0.25, 0.3) is 0 Å². The van der Waals surface area contributed by atoms with Gasteiger partial charge in [0.15, 0.2) is 11.2 Å². The molecular weight excluding hydrogens is 422 g/mol. The van der Waals surface area contributed by atoms with Crippen LogP contribution in [0.4, 0.5) is 26.3 Å². The van der Waals surface area contributed by atoms with Crippen LogP contribution < -0.4 is 0 Å². The molecular formula is C19H16F6O5. The van der Waals surface area contributed by atoms with E-state index in [1.165, 1.54) is 0 Å². The second-order valence-electron chi connectivity index (χ2n) is 6.64. The van der Waals surface area contributed by atoms with E-state index in [1.54, 1.807) is 0 Å². The number of ether oxygens (including phenoxy) is 2. The number of esters is 2. The van der Waals surface area contributed by atoms with E-state index in [0.717, 1.165) is 31.2 Å². The largest absolute Gasteiger partial charge is 0.468 e. The summed E-state index contributed by atoms with van der Waals surface area (Å²) in [5.41, 5.74) is -4.27. The average molecular weight is 438 g/mol. The van der Waals surface area contributed by atoms with Crippen molar-refractivity contribution in [3.8, 4) is 0 Å². The molecule has 0 fully saturated rings. The number of halogens is 6. The summed E-state index contributed by atoms with van der Waals surface area (Å²) in [6.07, 6.45) is -5.77. The van der Waals surface area contributed by atoms with Crippen molar-refractivity contribution in [1.29, 1.82) is 0 Å². The lowest BCUT2D eigenvalue weighted by Gasteiger charge is -2.38. The zero-order valence-corrected chi connectivity index (χ0v) is 15.9. The molecule has 0 N–H and O–H groups in total. The maximum absolute atomic E-state index is 14.8. The smallest absolute Gasteiger partial charge is 0.453 e. The van der Waals surface area contributed by atoms with Gasteiger partial charge in [-0.2, -0.15) is 22.0 Å². The highest BCUT2D eigenvalue weighted by Crippen LogP contribution is 2.61. The molecule has 1 aliphatic rings. The van der Waals surface area contributed by atoms with Gasteiger partial charge in [0, 0.05) is 11.5 Å². The molecule has 0 amide bonds.